The number of aryl methyl sites for hydroxylation is 1. The van der Waals surface area contributed by atoms with Crippen LogP contribution in [0.4, 0.5) is 0 Å². The Bertz CT molecular complexity index is 540. The molecule has 1 nitrogen and oxygen atoms in total. The van der Waals surface area contributed by atoms with Gasteiger partial charge in [0.2, 0.25) is 0 Å². The van der Waals surface area contributed by atoms with Crippen molar-refractivity contribution in [2.45, 2.75) is 16.8 Å². The van der Waals surface area contributed by atoms with E-state index in [2.05, 4.69) is 4.98 Å². The van der Waals surface area contributed by atoms with Crippen molar-refractivity contribution in [3.05, 3.63) is 51.1 Å². The van der Waals surface area contributed by atoms with E-state index >= 15 is 0 Å². The van der Waals surface area contributed by atoms with Gasteiger partial charge in [-0.3, -0.25) is 0 Å². The second kappa shape index (κ2) is 5.49. The van der Waals surface area contributed by atoms with Gasteiger partial charge in [-0.15, -0.1) is 0 Å². The third kappa shape index (κ3) is 3.29. The maximum Gasteiger partial charge on any atom is 0.149 e. The molecule has 0 aliphatic carbocycles. The summed E-state index contributed by atoms with van der Waals surface area (Å²) >= 11 is 19.2. The van der Waals surface area contributed by atoms with E-state index in [0.717, 1.165) is 4.90 Å². The van der Waals surface area contributed by atoms with Gasteiger partial charge in [-0.05, 0) is 25.1 Å². The number of nitrogens with zero attached hydrogens (tertiary/aromatic N) is 1. The van der Waals surface area contributed by atoms with Gasteiger partial charge in [0, 0.05) is 4.90 Å². The van der Waals surface area contributed by atoms with Gasteiger partial charge in [0.1, 0.15) is 10.2 Å². The van der Waals surface area contributed by atoms with Crippen LogP contribution >= 0.6 is 46.6 Å². The fourth-order valence-electron chi connectivity index (χ4n) is 1.22. The number of hydrogen-bond acceptors (Lipinski definition) is 2. The Morgan fingerprint density at radius 3 is 2.29 bits per heavy atom. The van der Waals surface area contributed by atoms with Crippen molar-refractivity contribution < 1.29 is 0 Å². The van der Waals surface area contributed by atoms with Crippen LogP contribution in [-0.4, -0.2) is 4.98 Å². The lowest BCUT2D eigenvalue weighted by molar-refractivity contribution is 1.13. The molecule has 5 heteroatoms. The largest absolute Gasteiger partial charge is 0.226 e. The topological polar surface area (TPSA) is 12.9 Å². The Labute approximate surface area is 119 Å². The van der Waals surface area contributed by atoms with Crippen molar-refractivity contribution in [2.75, 3.05) is 0 Å². The van der Waals surface area contributed by atoms with Gasteiger partial charge < -0.3 is 0 Å². The Hall–Kier alpha value is -0.410. The zero-order valence-corrected chi connectivity index (χ0v) is 12.0. The summed E-state index contributed by atoms with van der Waals surface area (Å²) in [5, 5.41) is 1.80. The summed E-state index contributed by atoms with van der Waals surface area (Å²) in [7, 11) is 0. The van der Waals surface area contributed by atoms with Crippen molar-refractivity contribution in [1.82, 2.24) is 4.98 Å². The molecular weight excluding hydrogens is 297 g/mol. The maximum absolute atomic E-state index is 6.06. The molecule has 0 saturated heterocycles. The van der Waals surface area contributed by atoms with E-state index in [9.17, 15) is 0 Å². The fraction of sp³-hybridized carbons (Fsp3) is 0.0833. The smallest absolute Gasteiger partial charge is 0.149 e. The highest BCUT2D eigenvalue weighted by Gasteiger charge is 2.09. The van der Waals surface area contributed by atoms with Gasteiger partial charge in [0.15, 0.2) is 0 Å². The highest BCUT2D eigenvalue weighted by molar-refractivity contribution is 7.99. The number of benzene rings is 1. The van der Waals surface area contributed by atoms with Crippen LogP contribution in [-0.2, 0) is 0 Å². The summed E-state index contributed by atoms with van der Waals surface area (Å²) in [6, 6.07) is 9.71. The fourth-order valence-corrected chi connectivity index (χ4v) is 2.67. The lowest BCUT2D eigenvalue weighted by atomic mass is 10.2. The lowest BCUT2D eigenvalue weighted by Gasteiger charge is -2.05. The molecule has 88 valence electrons. The van der Waals surface area contributed by atoms with Crippen molar-refractivity contribution in [3.8, 4) is 0 Å². The van der Waals surface area contributed by atoms with Crippen molar-refractivity contribution in [3.63, 3.8) is 0 Å². The molecule has 0 saturated carbocycles. The molecule has 17 heavy (non-hydrogen) atoms. The van der Waals surface area contributed by atoms with E-state index < -0.39 is 0 Å². The molecule has 2 aromatic rings. The van der Waals surface area contributed by atoms with E-state index in [-0.39, 0.29) is 5.15 Å². The number of hydrogen-bond donors (Lipinski definition) is 0. The SMILES string of the molecule is Cc1ccc(Sc2nc(Cl)c(Cl)cc2Cl)cc1. The molecule has 2 rings (SSSR count). The van der Waals surface area contributed by atoms with Gasteiger partial charge in [-0.1, -0.05) is 64.3 Å². The molecule has 0 aliphatic rings. The summed E-state index contributed by atoms with van der Waals surface area (Å²) < 4.78 is 0. The summed E-state index contributed by atoms with van der Waals surface area (Å²) in [6.07, 6.45) is 0. The first kappa shape index (κ1) is 13.0. The van der Waals surface area contributed by atoms with Gasteiger partial charge >= 0.3 is 0 Å². The Balaban J connectivity index is 2.30. The quantitative estimate of drug-likeness (QED) is 0.679. The van der Waals surface area contributed by atoms with Crippen LogP contribution in [0, 0.1) is 6.92 Å². The van der Waals surface area contributed by atoms with Crippen LogP contribution in [0.3, 0.4) is 0 Å². The standard InChI is InChI=1S/C12H8Cl3NS/c1-7-2-4-8(5-3-7)17-12-10(14)6-9(13)11(15)16-12/h2-6H,1H3. The zero-order chi connectivity index (χ0) is 12.4. The molecule has 0 amide bonds. The van der Waals surface area contributed by atoms with Gasteiger partial charge in [0.25, 0.3) is 0 Å². The third-order valence-corrected chi connectivity index (χ3v) is 4.18. The molecule has 0 fully saturated rings. The molecule has 0 unspecified atom stereocenters. The monoisotopic (exact) mass is 303 g/mol. The summed E-state index contributed by atoms with van der Waals surface area (Å²) in [6.45, 7) is 2.04. The van der Waals surface area contributed by atoms with Crippen molar-refractivity contribution in [1.29, 1.82) is 0 Å². The zero-order valence-electron chi connectivity index (χ0n) is 8.88. The van der Waals surface area contributed by atoms with Crippen LogP contribution in [0.5, 0.6) is 0 Å². The van der Waals surface area contributed by atoms with E-state index in [4.69, 9.17) is 34.8 Å². The van der Waals surface area contributed by atoms with E-state index in [1.807, 2.05) is 31.2 Å². The minimum atomic E-state index is 0.269. The van der Waals surface area contributed by atoms with Crippen molar-refractivity contribution >= 4 is 46.6 Å². The molecule has 1 heterocycles. The minimum Gasteiger partial charge on any atom is -0.226 e. The summed E-state index contributed by atoms with van der Waals surface area (Å²) in [5.74, 6) is 0. The predicted octanol–water partition coefficient (Wildman–Crippen LogP) is 5.50. The second-order valence-corrected chi connectivity index (χ2v) is 5.70. The van der Waals surface area contributed by atoms with E-state index in [0.29, 0.717) is 15.1 Å². The first-order valence-corrected chi connectivity index (χ1v) is 6.77. The molecule has 1 aromatic carbocycles. The molecule has 0 bridgehead atoms. The normalized spacial score (nSPS) is 10.6. The average Bonchev–Trinajstić information content (AvgIpc) is 2.29. The number of halogens is 3. The highest BCUT2D eigenvalue weighted by Crippen LogP contribution is 2.35. The average molecular weight is 305 g/mol. The van der Waals surface area contributed by atoms with Crippen LogP contribution in [0.2, 0.25) is 15.2 Å². The van der Waals surface area contributed by atoms with Crippen LogP contribution < -0.4 is 0 Å². The first-order chi connectivity index (χ1) is 8.06. The van der Waals surface area contributed by atoms with E-state index in [1.165, 1.54) is 17.3 Å². The molecular formula is C12H8Cl3NS. The number of aromatic nitrogens is 1. The van der Waals surface area contributed by atoms with Gasteiger partial charge in [0.05, 0.1) is 10.0 Å². The Kier molecular flexibility index (Phi) is 4.21. The number of pyridine rings is 1. The maximum atomic E-state index is 6.06. The van der Waals surface area contributed by atoms with Crippen LogP contribution in [0.15, 0.2) is 40.3 Å². The van der Waals surface area contributed by atoms with Crippen LogP contribution in [0.1, 0.15) is 5.56 Å². The lowest BCUT2D eigenvalue weighted by Crippen LogP contribution is -1.84. The predicted molar refractivity (Wildman–Crippen MR) is 74.6 cm³/mol. The molecule has 0 aliphatic heterocycles. The number of rotatable bonds is 2. The van der Waals surface area contributed by atoms with Crippen LogP contribution in [0.25, 0.3) is 0 Å². The molecule has 0 N–H and O–H groups in total. The second-order valence-electron chi connectivity index (χ2n) is 3.46. The van der Waals surface area contributed by atoms with Gasteiger partial charge in [-0.2, -0.15) is 0 Å². The third-order valence-electron chi connectivity index (χ3n) is 2.09. The minimum absolute atomic E-state index is 0.269. The Morgan fingerprint density at radius 2 is 1.65 bits per heavy atom. The summed E-state index contributed by atoms with van der Waals surface area (Å²) in [4.78, 5) is 5.21. The highest BCUT2D eigenvalue weighted by atomic mass is 35.5. The molecule has 0 atom stereocenters. The van der Waals surface area contributed by atoms with E-state index in [1.54, 1.807) is 6.07 Å². The molecule has 0 radical (unpaired) electrons. The first-order valence-electron chi connectivity index (χ1n) is 4.82. The Morgan fingerprint density at radius 1 is 1.00 bits per heavy atom. The van der Waals surface area contributed by atoms with Gasteiger partial charge in [-0.25, -0.2) is 4.98 Å². The van der Waals surface area contributed by atoms with Crippen molar-refractivity contribution in [2.24, 2.45) is 0 Å². The molecule has 0 spiro atoms. The summed E-state index contributed by atoms with van der Waals surface area (Å²) in [5.41, 5.74) is 1.21. The molecule has 1 aromatic heterocycles.